The van der Waals surface area contributed by atoms with Crippen LogP contribution in [-0.4, -0.2) is 5.54 Å². The number of rotatable bonds is 2. The van der Waals surface area contributed by atoms with Crippen LogP contribution in [0.1, 0.15) is 155 Å². The zero-order valence-electron chi connectivity index (χ0n) is 19.5. The van der Waals surface area contributed by atoms with Crippen LogP contribution in [0.4, 0.5) is 0 Å². The lowest BCUT2D eigenvalue weighted by atomic mass is 9.82. The fraction of sp³-hybridized carbons (Fsp3) is 1.00. The standard InChI is InChI=1S/C27H53N/c1-2-22-27(28)23-14-6-4-3-5-8-16-25-17-9-7-10-18-26(20-12-11-19-25)21-13-15-24-27/h25-26H,2-24,28H2,1H3. The highest BCUT2D eigenvalue weighted by atomic mass is 14.7. The molecule has 2 N–H and O–H groups in total. The summed E-state index contributed by atoms with van der Waals surface area (Å²) in [5.41, 5.74) is 7.02. The van der Waals surface area contributed by atoms with Crippen molar-refractivity contribution in [3.05, 3.63) is 0 Å². The zero-order chi connectivity index (χ0) is 19.9. The van der Waals surface area contributed by atoms with Crippen LogP contribution in [0.3, 0.4) is 0 Å². The SMILES string of the molecule is CCCC1(N)CCCCCCCCC2CCCCCC(CCCC2)CCCC1. The van der Waals surface area contributed by atoms with Crippen molar-refractivity contribution >= 4 is 0 Å². The van der Waals surface area contributed by atoms with Crippen LogP contribution in [0.15, 0.2) is 0 Å². The van der Waals surface area contributed by atoms with Crippen LogP contribution in [0.25, 0.3) is 0 Å². The molecule has 0 spiro atoms. The Morgan fingerprint density at radius 1 is 0.536 bits per heavy atom. The van der Waals surface area contributed by atoms with E-state index in [4.69, 9.17) is 5.73 Å². The first-order chi connectivity index (χ1) is 13.7. The van der Waals surface area contributed by atoms with Crippen molar-refractivity contribution in [2.24, 2.45) is 17.6 Å². The Kier molecular flexibility index (Phi) is 12.9. The largest absolute Gasteiger partial charge is 0.325 e. The van der Waals surface area contributed by atoms with Gasteiger partial charge in [-0.25, -0.2) is 0 Å². The summed E-state index contributed by atoms with van der Waals surface area (Å²) in [4.78, 5) is 0. The Morgan fingerprint density at radius 3 is 1.36 bits per heavy atom. The molecule has 2 aliphatic carbocycles. The van der Waals surface area contributed by atoms with Gasteiger partial charge in [0.2, 0.25) is 0 Å². The van der Waals surface area contributed by atoms with Crippen LogP contribution in [0.5, 0.6) is 0 Å². The smallest absolute Gasteiger partial charge is 0.0154 e. The van der Waals surface area contributed by atoms with E-state index >= 15 is 0 Å². The number of hydrogen-bond acceptors (Lipinski definition) is 1. The van der Waals surface area contributed by atoms with Gasteiger partial charge < -0.3 is 5.73 Å². The lowest BCUT2D eigenvalue weighted by Crippen LogP contribution is -2.39. The Balaban J connectivity index is 1.89. The van der Waals surface area contributed by atoms with Crippen molar-refractivity contribution in [3.8, 4) is 0 Å². The van der Waals surface area contributed by atoms with E-state index in [1.54, 1.807) is 0 Å². The molecule has 3 atom stereocenters. The second-order valence-corrected chi connectivity index (χ2v) is 10.7. The molecule has 0 saturated heterocycles. The molecular formula is C27H53N. The lowest BCUT2D eigenvalue weighted by molar-refractivity contribution is 0.301. The summed E-state index contributed by atoms with van der Waals surface area (Å²) in [6.07, 6.45) is 33.0. The molecule has 1 nitrogen and oxygen atoms in total. The topological polar surface area (TPSA) is 26.0 Å². The molecule has 2 aliphatic rings. The molecular weight excluding hydrogens is 338 g/mol. The van der Waals surface area contributed by atoms with Gasteiger partial charge in [0.1, 0.15) is 0 Å². The molecule has 2 rings (SSSR count). The van der Waals surface area contributed by atoms with Gasteiger partial charge in [-0.05, 0) is 31.1 Å². The quantitative estimate of drug-likeness (QED) is 0.499. The maximum atomic E-state index is 6.88. The molecule has 28 heavy (non-hydrogen) atoms. The summed E-state index contributed by atoms with van der Waals surface area (Å²) >= 11 is 0. The van der Waals surface area contributed by atoms with E-state index in [1.807, 2.05) is 0 Å². The summed E-state index contributed by atoms with van der Waals surface area (Å²) in [7, 11) is 0. The van der Waals surface area contributed by atoms with Gasteiger partial charge in [-0.1, -0.05) is 135 Å². The third-order valence-corrected chi connectivity index (χ3v) is 8.02. The summed E-state index contributed by atoms with van der Waals surface area (Å²) in [6, 6.07) is 0. The van der Waals surface area contributed by atoms with Crippen molar-refractivity contribution in [3.63, 3.8) is 0 Å². The van der Waals surface area contributed by atoms with Gasteiger partial charge >= 0.3 is 0 Å². The van der Waals surface area contributed by atoms with Gasteiger partial charge in [-0.15, -0.1) is 0 Å². The summed E-state index contributed by atoms with van der Waals surface area (Å²) in [6.45, 7) is 2.32. The Hall–Kier alpha value is -0.0400. The highest BCUT2D eigenvalue weighted by molar-refractivity contribution is 4.83. The van der Waals surface area contributed by atoms with Gasteiger partial charge in [0.25, 0.3) is 0 Å². The summed E-state index contributed by atoms with van der Waals surface area (Å²) in [5, 5.41) is 0. The van der Waals surface area contributed by atoms with E-state index in [0.717, 1.165) is 11.8 Å². The summed E-state index contributed by atoms with van der Waals surface area (Å²) < 4.78 is 0. The minimum atomic E-state index is 0.140. The molecule has 0 heterocycles. The van der Waals surface area contributed by atoms with Crippen molar-refractivity contribution in [2.75, 3.05) is 0 Å². The second kappa shape index (κ2) is 14.9. The van der Waals surface area contributed by atoms with Crippen LogP contribution in [0.2, 0.25) is 0 Å². The molecule has 3 unspecified atom stereocenters. The van der Waals surface area contributed by atoms with Gasteiger partial charge in [0.15, 0.2) is 0 Å². The molecule has 0 aromatic carbocycles. The minimum absolute atomic E-state index is 0.140. The monoisotopic (exact) mass is 391 g/mol. The average Bonchev–Trinajstić information content (AvgIpc) is 2.73. The van der Waals surface area contributed by atoms with Crippen LogP contribution in [-0.2, 0) is 0 Å². The second-order valence-electron chi connectivity index (χ2n) is 10.7. The molecule has 0 amide bonds. The molecule has 0 radical (unpaired) electrons. The number of fused-ring (bicyclic) bond motifs is 5. The van der Waals surface area contributed by atoms with Crippen molar-refractivity contribution in [1.82, 2.24) is 0 Å². The maximum absolute atomic E-state index is 6.88. The third-order valence-electron chi connectivity index (χ3n) is 8.02. The number of hydrogen-bond donors (Lipinski definition) is 1. The van der Waals surface area contributed by atoms with E-state index < -0.39 is 0 Å². The van der Waals surface area contributed by atoms with E-state index in [0.29, 0.717) is 0 Å². The highest BCUT2D eigenvalue weighted by Gasteiger charge is 2.23. The van der Waals surface area contributed by atoms with Crippen molar-refractivity contribution < 1.29 is 0 Å². The fourth-order valence-corrected chi connectivity index (χ4v) is 6.18. The van der Waals surface area contributed by atoms with Crippen LogP contribution >= 0.6 is 0 Å². The molecule has 2 saturated carbocycles. The molecule has 2 fully saturated rings. The maximum Gasteiger partial charge on any atom is 0.0154 e. The first-order valence-corrected chi connectivity index (χ1v) is 13.5. The van der Waals surface area contributed by atoms with Crippen molar-refractivity contribution in [2.45, 2.75) is 160 Å². The molecule has 0 aliphatic heterocycles. The lowest BCUT2D eigenvalue weighted by Gasteiger charge is -2.30. The molecule has 166 valence electrons. The van der Waals surface area contributed by atoms with E-state index in [9.17, 15) is 0 Å². The van der Waals surface area contributed by atoms with Gasteiger partial charge in [0.05, 0.1) is 0 Å². The van der Waals surface area contributed by atoms with Crippen LogP contribution in [0, 0.1) is 11.8 Å². The normalized spacial score (nSPS) is 33.6. The molecule has 0 aromatic heterocycles. The molecule has 2 bridgehead atoms. The fourth-order valence-electron chi connectivity index (χ4n) is 6.18. The van der Waals surface area contributed by atoms with Gasteiger partial charge in [-0.3, -0.25) is 0 Å². The van der Waals surface area contributed by atoms with E-state index in [1.165, 1.54) is 148 Å². The Morgan fingerprint density at radius 2 is 0.857 bits per heavy atom. The summed E-state index contributed by atoms with van der Waals surface area (Å²) in [5.74, 6) is 2.06. The zero-order valence-corrected chi connectivity index (χ0v) is 19.5. The van der Waals surface area contributed by atoms with Gasteiger partial charge in [0, 0.05) is 5.54 Å². The number of nitrogens with two attached hydrogens (primary N) is 1. The Labute approximate surface area is 178 Å². The average molecular weight is 392 g/mol. The van der Waals surface area contributed by atoms with E-state index in [2.05, 4.69) is 6.92 Å². The predicted octanol–water partition coefficient (Wildman–Crippen LogP) is 8.94. The minimum Gasteiger partial charge on any atom is -0.325 e. The third kappa shape index (κ3) is 10.7. The highest BCUT2D eigenvalue weighted by Crippen LogP contribution is 2.31. The Bertz CT molecular complexity index is 365. The molecule has 0 aromatic rings. The predicted molar refractivity (Wildman–Crippen MR) is 126 cm³/mol. The van der Waals surface area contributed by atoms with Crippen LogP contribution < -0.4 is 5.73 Å². The van der Waals surface area contributed by atoms with Crippen molar-refractivity contribution in [1.29, 1.82) is 0 Å². The first kappa shape index (κ1) is 24.2. The van der Waals surface area contributed by atoms with E-state index in [-0.39, 0.29) is 5.54 Å². The first-order valence-electron chi connectivity index (χ1n) is 13.5. The molecule has 1 heteroatoms. The van der Waals surface area contributed by atoms with Gasteiger partial charge in [-0.2, -0.15) is 0 Å².